The molecule has 0 radical (unpaired) electrons. The van der Waals surface area contributed by atoms with E-state index in [9.17, 15) is 4.39 Å². The van der Waals surface area contributed by atoms with Crippen LogP contribution >= 0.6 is 27.3 Å². The van der Waals surface area contributed by atoms with Gasteiger partial charge in [0.1, 0.15) is 5.82 Å². The van der Waals surface area contributed by atoms with Crippen molar-refractivity contribution in [1.82, 2.24) is 5.32 Å². The van der Waals surface area contributed by atoms with Gasteiger partial charge in [-0.15, -0.1) is 11.3 Å². The van der Waals surface area contributed by atoms with Gasteiger partial charge in [0.25, 0.3) is 0 Å². The van der Waals surface area contributed by atoms with Crippen molar-refractivity contribution in [1.29, 1.82) is 0 Å². The molecule has 0 aliphatic carbocycles. The fourth-order valence-electron chi connectivity index (χ4n) is 2.02. The smallest absolute Gasteiger partial charge is 0.129 e. The first-order valence-electron chi connectivity index (χ1n) is 6.41. The molecule has 1 atom stereocenters. The molecule has 1 aromatic carbocycles. The van der Waals surface area contributed by atoms with Crippen molar-refractivity contribution >= 4 is 27.3 Å². The summed E-state index contributed by atoms with van der Waals surface area (Å²) < 4.78 is 14.9. The highest BCUT2D eigenvalue weighted by molar-refractivity contribution is 9.10. The second kappa shape index (κ2) is 7.17. The number of halogens is 2. The Kier molecular flexibility index (Phi) is 5.55. The second-order valence-electron chi connectivity index (χ2n) is 4.46. The SMILES string of the molecule is CCCNC(Cc1cccs1)c1ccc(Br)cc1F. The number of benzene rings is 1. The summed E-state index contributed by atoms with van der Waals surface area (Å²) in [4.78, 5) is 1.27. The lowest BCUT2D eigenvalue weighted by Crippen LogP contribution is -2.24. The summed E-state index contributed by atoms with van der Waals surface area (Å²) in [5.41, 5.74) is 0.741. The van der Waals surface area contributed by atoms with Gasteiger partial charge in [0.15, 0.2) is 0 Å². The largest absolute Gasteiger partial charge is 0.310 e. The van der Waals surface area contributed by atoms with Crippen molar-refractivity contribution in [3.63, 3.8) is 0 Å². The molecule has 1 aromatic heterocycles. The van der Waals surface area contributed by atoms with Crippen LogP contribution < -0.4 is 5.32 Å². The van der Waals surface area contributed by atoms with Gasteiger partial charge < -0.3 is 5.32 Å². The molecule has 102 valence electrons. The quantitative estimate of drug-likeness (QED) is 0.785. The molecule has 1 N–H and O–H groups in total. The Balaban J connectivity index is 2.20. The fraction of sp³-hybridized carbons (Fsp3) is 0.333. The maximum absolute atomic E-state index is 14.1. The molecular weight excluding hydrogens is 325 g/mol. The lowest BCUT2D eigenvalue weighted by atomic mass is 10.0. The van der Waals surface area contributed by atoms with Gasteiger partial charge in [-0.1, -0.05) is 35.0 Å². The van der Waals surface area contributed by atoms with Crippen LogP contribution in [0.4, 0.5) is 4.39 Å². The van der Waals surface area contributed by atoms with Gasteiger partial charge in [0.05, 0.1) is 0 Å². The Hall–Kier alpha value is -0.710. The molecule has 2 rings (SSSR count). The fourth-order valence-corrected chi connectivity index (χ4v) is 3.11. The zero-order valence-electron chi connectivity index (χ0n) is 10.8. The molecule has 1 nitrogen and oxygen atoms in total. The molecule has 0 aliphatic heterocycles. The normalized spacial score (nSPS) is 12.6. The minimum Gasteiger partial charge on any atom is -0.310 e. The van der Waals surface area contributed by atoms with Gasteiger partial charge in [-0.05, 0) is 36.5 Å². The van der Waals surface area contributed by atoms with Gasteiger partial charge in [-0.3, -0.25) is 0 Å². The predicted molar refractivity (Wildman–Crippen MR) is 83.2 cm³/mol. The van der Waals surface area contributed by atoms with E-state index in [4.69, 9.17) is 0 Å². The third-order valence-electron chi connectivity index (χ3n) is 2.96. The lowest BCUT2D eigenvalue weighted by molar-refractivity contribution is 0.499. The molecule has 0 saturated heterocycles. The minimum atomic E-state index is -0.153. The van der Waals surface area contributed by atoms with Crippen molar-refractivity contribution in [2.24, 2.45) is 0 Å². The summed E-state index contributed by atoms with van der Waals surface area (Å²) in [7, 11) is 0. The van der Waals surface area contributed by atoms with E-state index >= 15 is 0 Å². The number of nitrogens with one attached hydrogen (secondary N) is 1. The number of hydrogen-bond acceptors (Lipinski definition) is 2. The van der Waals surface area contributed by atoms with Crippen LogP contribution in [-0.4, -0.2) is 6.54 Å². The summed E-state index contributed by atoms with van der Waals surface area (Å²) in [6, 6.07) is 9.46. The van der Waals surface area contributed by atoms with Crippen LogP contribution in [0.2, 0.25) is 0 Å². The molecule has 0 amide bonds. The van der Waals surface area contributed by atoms with Crippen LogP contribution in [0.3, 0.4) is 0 Å². The van der Waals surface area contributed by atoms with E-state index in [0.29, 0.717) is 0 Å². The summed E-state index contributed by atoms with van der Waals surface area (Å²) in [6.45, 7) is 3.01. The molecule has 19 heavy (non-hydrogen) atoms. The van der Waals surface area contributed by atoms with Gasteiger partial charge in [-0.2, -0.15) is 0 Å². The number of rotatable bonds is 6. The molecule has 0 saturated carbocycles. The number of hydrogen-bond donors (Lipinski definition) is 1. The van der Waals surface area contributed by atoms with Crippen LogP contribution in [0.15, 0.2) is 40.2 Å². The van der Waals surface area contributed by atoms with E-state index < -0.39 is 0 Å². The van der Waals surface area contributed by atoms with E-state index in [-0.39, 0.29) is 11.9 Å². The third-order valence-corrected chi connectivity index (χ3v) is 4.36. The Morgan fingerprint density at radius 2 is 2.21 bits per heavy atom. The zero-order valence-corrected chi connectivity index (χ0v) is 13.2. The van der Waals surface area contributed by atoms with Crippen molar-refractivity contribution in [3.05, 3.63) is 56.4 Å². The molecule has 0 spiro atoms. The van der Waals surface area contributed by atoms with Crippen LogP contribution in [0.5, 0.6) is 0 Å². The van der Waals surface area contributed by atoms with E-state index in [2.05, 4.69) is 39.6 Å². The van der Waals surface area contributed by atoms with Crippen LogP contribution in [0.1, 0.15) is 29.8 Å². The van der Waals surface area contributed by atoms with E-state index in [0.717, 1.165) is 29.4 Å². The third kappa shape index (κ3) is 4.13. The molecule has 4 heteroatoms. The zero-order chi connectivity index (χ0) is 13.7. The highest BCUT2D eigenvalue weighted by atomic mass is 79.9. The molecule has 2 aromatic rings. The first-order valence-corrected chi connectivity index (χ1v) is 8.08. The van der Waals surface area contributed by atoms with Crippen molar-refractivity contribution in [2.75, 3.05) is 6.54 Å². The first kappa shape index (κ1) is 14.7. The van der Waals surface area contributed by atoms with Gasteiger partial charge >= 0.3 is 0 Å². The van der Waals surface area contributed by atoms with E-state index in [1.54, 1.807) is 11.3 Å². The average molecular weight is 342 g/mol. The Morgan fingerprint density at radius 1 is 1.37 bits per heavy atom. The summed E-state index contributed by atoms with van der Waals surface area (Å²) in [5.74, 6) is -0.153. The molecular formula is C15H17BrFNS. The molecule has 0 bridgehead atoms. The highest BCUT2D eigenvalue weighted by Gasteiger charge is 2.16. The molecule has 0 fully saturated rings. The second-order valence-corrected chi connectivity index (χ2v) is 6.40. The maximum Gasteiger partial charge on any atom is 0.129 e. The highest BCUT2D eigenvalue weighted by Crippen LogP contribution is 2.25. The minimum absolute atomic E-state index is 0.0340. The van der Waals surface area contributed by atoms with Crippen LogP contribution in [0, 0.1) is 5.82 Å². The van der Waals surface area contributed by atoms with Gasteiger partial charge in [0, 0.05) is 27.4 Å². The van der Waals surface area contributed by atoms with Crippen LogP contribution in [-0.2, 0) is 6.42 Å². The van der Waals surface area contributed by atoms with Crippen molar-refractivity contribution in [2.45, 2.75) is 25.8 Å². The van der Waals surface area contributed by atoms with Gasteiger partial charge in [0.2, 0.25) is 0 Å². The first-order chi connectivity index (χ1) is 9.20. The predicted octanol–water partition coefficient (Wildman–Crippen LogP) is 4.93. The van der Waals surface area contributed by atoms with E-state index in [1.165, 1.54) is 10.9 Å². The Morgan fingerprint density at radius 3 is 2.84 bits per heavy atom. The molecule has 1 heterocycles. The summed E-state index contributed by atoms with van der Waals surface area (Å²) in [6.07, 6.45) is 1.87. The topological polar surface area (TPSA) is 12.0 Å². The van der Waals surface area contributed by atoms with Gasteiger partial charge in [-0.25, -0.2) is 4.39 Å². The lowest BCUT2D eigenvalue weighted by Gasteiger charge is -2.19. The van der Waals surface area contributed by atoms with Crippen molar-refractivity contribution < 1.29 is 4.39 Å². The van der Waals surface area contributed by atoms with Crippen LogP contribution in [0.25, 0.3) is 0 Å². The molecule has 1 unspecified atom stereocenters. The average Bonchev–Trinajstić information content (AvgIpc) is 2.88. The Bertz CT molecular complexity index is 513. The summed E-state index contributed by atoms with van der Waals surface area (Å²) in [5, 5.41) is 5.50. The molecule has 0 aliphatic rings. The Labute approximate surface area is 126 Å². The summed E-state index contributed by atoms with van der Waals surface area (Å²) >= 11 is 5.02. The van der Waals surface area contributed by atoms with Crippen molar-refractivity contribution in [3.8, 4) is 0 Å². The standard InChI is InChI=1S/C15H17BrFNS/c1-2-7-18-15(10-12-4-3-8-19-12)13-6-5-11(16)9-14(13)17/h3-6,8-9,15,18H,2,7,10H2,1H3. The van der Waals surface area contributed by atoms with E-state index in [1.807, 2.05) is 18.2 Å². The monoisotopic (exact) mass is 341 g/mol. The number of thiophene rings is 1. The maximum atomic E-state index is 14.1.